The molecule has 0 unspecified atom stereocenters. The average molecular weight is 811 g/mol. The van der Waals surface area contributed by atoms with Crippen molar-refractivity contribution in [2.45, 2.75) is 208 Å². The third kappa shape index (κ3) is 14.3. The molecule has 3 fully saturated rings. The lowest BCUT2D eigenvalue weighted by molar-refractivity contribution is -0.122. The SMILES string of the molecule is CCCCCCCCCCC(=O)NCCCCCCN(CC(=O)NCCCN)C(=O)O[C@H]1CC[C@@]2(C)C(=CC[C@H]3[C@@H]4CC[C@H]([C@H](C)CCCC(C)C)[C@@]4(C)CC[C@@H]32)C1. The molecule has 4 rings (SSSR count). The second kappa shape index (κ2) is 25.0. The van der Waals surface area contributed by atoms with Gasteiger partial charge in [-0.25, -0.2) is 4.79 Å². The van der Waals surface area contributed by atoms with Gasteiger partial charge in [-0.1, -0.05) is 130 Å². The van der Waals surface area contributed by atoms with Crippen molar-refractivity contribution >= 4 is 17.9 Å². The zero-order valence-corrected chi connectivity index (χ0v) is 38.5. The molecule has 0 saturated heterocycles. The smallest absolute Gasteiger partial charge is 0.410 e. The highest BCUT2D eigenvalue weighted by Crippen LogP contribution is 2.67. The maximum Gasteiger partial charge on any atom is 0.410 e. The highest BCUT2D eigenvalue weighted by atomic mass is 16.6. The standard InChI is InChI=1S/C50H90N4O4/c1-7-8-9-10-11-12-13-16-23-46(55)52-33-17-14-15-18-35-54(37-47(56)53-34-20-32-51)48(57)58-41-28-30-49(5)40(36-41)24-25-42-44-27-26-43(39(4)22-19-21-38(2)3)50(44,6)31-29-45(42)49/h24,38-39,41-45H,7-23,25-37,51H2,1-6H3,(H,52,55)(H,53,56)/t39-,41+,42+,43-,44+,45+,49+,50-/m1/s1. The highest BCUT2D eigenvalue weighted by molar-refractivity contribution is 5.82. The van der Waals surface area contributed by atoms with Gasteiger partial charge in [-0.2, -0.15) is 0 Å². The molecule has 8 heteroatoms. The van der Waals surface area contributed by atoms with Gasteiger partial charge in [-0.05, 0) is 124 Å². The summed E-state index contributed by atoms with van der Waals surface area (Å²) in [4.78, 5) is 40.5. The molecule has 0 bridgehead atoms. The van der Waals surface area contributed by atoms with Crippen molar-refractivity contribution in [3.63, 3.8) is 0 Å². The van der Waals surface area contributed by atoms with E-state index in [1.54, 1.807) is 4.90 Å². The number of unbranched alkanes of at least 4 members (excludes halogenated alkanes) is 10. The fraction of sp³-hybridized carbons (Fsp3) is 0.900. The molecule has 8 nitrogen and oxygen atoms in total. The molecule has 58 heavy (non-hydrogen) atoms. The van der Waals surface area contributed by atoms with E-state index in [1.807, 2.05) is 0 Å². The van der Waals surface area contributed by atoms with E-state index in [2.05, 4.69) is 58.3 Å². The largest absolute Gasteiger partial charge is 0.446 e. The first-order valence-electron chi connectivity index (χ1n) is 24.8. The highest BCUT2D eigenvalue weighted by Gasteiger charge is 2.59. The van der Waals surface area contributed by atoms with Gasteiger partial charge in [0, 0.05) is 32.5 Å². The molecule has 0 aromatic heterocycles. The number of amides is 3. The van der Waals surface area contributed by atoms with Crippen molar-refractivity contribution < 1.29 is 19.1 Å². The average Bonchev–Trinajstić information content (AvgIpc) is 3.55. The normalized spacial score (nSPS) is 28.2. The number of nitrogens with two attached hydrogens (primary N) is 1. The third-order valence-electron chi connectivity index (χ3n) is 15.8. The topological polar surface area (TPSA) is 114 Å². The number of fused-ring (bicyclic) bond motifs is 5. The number of hydrogen-bond acceptors (Lipinski definition) is 5. The molecule has 4 aliphatic rings. The van der Waals surface area contributed by atoms with E-state index in [0.29, 0.717) is 44.4 Å². The zero-order chi connectivity index (χ0) is 42.0. The van der Waals surface area contributed by atoms with Crippen LogP contribution in [0.2, 0.25) is 0 Å². The first kappa shape index (κ1) is 48.6. The van der Waals surface area contributed by atoms with Crippen LogP contribution >= 0.6 is 0 Å². The molecule has 3 amide bonds. The van der Waals surface area contributed by atoms with Gasteiger partial charge >= 0.3 is 6.09 Å². The Morgan fingerprint density at radius 2 is 1.48 bits per heavy atom. The van der Waals surface area contributed by atoms with Gasteiger partial charge in [-0.15, -0.1) is 0 Å². The molecule has 0 aliphatic heterocycles. The van der Waals surface area contributed by atoms with Crippen molar-refractivity contribution in [3.8, 4) is 0 Å². The summed E-state index contributed by atoms with van der Waals surface area (Å²) in [5, 5.41) is 6.01. The Morgan fingerprint density at radius 3 is 2.22 bits per heavy atom. The van der Waals surface area contributed by atoms with Gasteiger partial charge in [-0.3, -0.25) is 14.5 Å². The van der Waals surface area contributed by atoms with Crippen molar-refractivity contribution in [1.82, 2.24) is 15.5 Å². The first-order valence-corrected chi connectivity index (χ1v) is 24.8. The van der Waals surface area contributed by atoms with Gasteiger partial charge in [0.2, 0.25) is 11.8 Å². The number of carbonyl (C=O) groups is 3. The van der Waals surface area contributed by atoms with E-state index in [-0.39, 0.29) is 36.0 Å². The number of ether oxygens (including phenoxy) is 1. The lowest BCUT2D eigenvalue weighted by atomic mass is 9.47. The van der Waals surface area contributed by atoms with Gasteiger partial charge < -0.3 is 21.1 Å². The molecular formula is C50H90N4O4. The monoisotopic (exact) mass is 811 g/mol. The number of nitrogens with one attached hydrogen (secondary N) is 2. The number of allylic oxidation sites excluding steroid dienone is 1. The fourth-order valence-corrected chi connectivity index (χ4v) is 12.3. The molecule has 4 aliphatic carbocycles. The Balaban J connectivity index is 1.22. The number of rotatable bonds is 27. The quantitative estimate of drug-likeness (QED) is 0.0565. The van der Waals surface area contributed by atoms with Crippen molar-refractivity contribution in [1.29, 1.82) is 0 Å². The summed E-state index contributed by atoms with van der Waals surface area (Å²) in [6.07, 6.45) is 30.5. The van der Waals surface area contributed by atoms with Crippen LogP contribution in [0.25, 0.3) is 0 Å². The minimum Gasteiger partial charge on any atom is -0.446 e. The zero-order valence-electron chi connectivity index (χ0n) is 38.5. The predicted octanol–water partition coefficient (Wildman–Crippen LogP) is 11.5. The molecule has 0 heterocycles. The molecule has 3 saturated carbocycles. The Hall–Kier alpha value is -2.09. The summed E-state index contributed by atoms with van der Waals surface area (Å²) in [6, 6.07) is 0. The minimum atomic E-state index is -0.363. The second-order valence-corrected chi connectivity index (χ2v) is 20.4. The van der Waals surface area contributed by atoms with Gasteiger partial charge in [0.1, 0.15) is 12.6 Å². The van der Waals surface area contributed by atoms with Crippen LogP contribution in [0, 0.1) is 46.3 Å². The Bertz CT molecular complexity index is 1270. The van der Waals surface area contributed by atoms with E-state index in [9.17, 15) is 14.4 Å². The van der Waals surface area contributed by atoms with E-state index in [4.69, 9.17) is 10.5 Å². The van der Waals surface area contributed by atoms with Crippen molar-refractivity contribution in [2.24, 2.45) is 52.1 Å². The van der Waals surface area contributed by atoms with E-state index in [1.165, 1.54) is 95.5 Å². The minimum absolute atomic E-state index is 0.00653. The molecule has 0 aromatic carbocycles. The molecule has 334 valence electrons. The van der Waals surface area contributed by atoms with Crippen LogP contribution in [-0.2, 0) is 14.3 Å². The molecule has 4 N–H and O–H groups in total. The summed E-state index contributed by atoms with van der Waals surface area (Å²) in [6.45, 7) is 17.0. The number of hydrogen-bond donors (Lipinski definition) is 3. The Morgan fingerprint density at radius 1 is 0.793 bits per heavy atom. The second-order valence-electron chi connectivity index (χ2n) is 20.4. The summed E-state index contributed by atoms with van der Waals surface area (Å²) in [5.41, 5.74) is 7.85. The Labute approximate surface area is 356 Å². The van der Waals surface area contributed by atoms with Crippen LogP contribution in [0.4, 0.5) is 4.79 Å². The maximum absolute atomic E-state index is 13.8. The van der Waals surface area contributed by atoms with Crippen molar-refractivity contribution in [2.75, 3.05) is 32.7 Å². The fourth-order valence-electron chi connectivity index (χ4n) is 12.3. The summed E-state index contributed by atoms with van der Waals surface area (Å²) in [5.74, 6) is 4.84. The van der Waals surface area contributed by atoms with Crippen LogP contribution in [0.1, 0.15) is 202 Å². The summed E-state index contributed by atoms with van der Waals surface area (Å²) < 4.78 is 6.27. The number of nitrogens with zero attached hydrogens (tertiary/aromatic N) is 1. The van der Waals surface area contributed by atoms with Crippen LogP contribution < -0.4 is 16.4 Å². The van der Waals surface area contributed by atoms with Crippen LogP contribution in [0.15, 0.2) is 11.6 Å². The first-order chi connectivity index (χ1) is 27.9. The van der Waals surface area contributed by atoms with E-state index < -0.39 is 0 Å². The summed E-state index contributed by atoms with van der Waals surface area (Å²) in [7, 11) is 0. The van der Waals surface area contributed by atoms with Gasteiger partial charge in [0.15, 0.2) is 0 Å². The third-order valence-corrected chi connectivity index (χ3v) is 15.8. The van der Waals surface area contributed by atoms with Gasteiger partial charge in [0.25, 0.3) is 0 Å². The van der Waals surface area contributed by atoms with Crippen LogP contribution in [0.5, 0.6) is 0 Å². The van der Waals surface area contributed by atoms with Crippen LogP contribution in [-0.4, -0.2) is 61.6 Å². The summed E-state index contributed by atoms with van der Waals surface area (Å²) >= 11 is 0. The molecule has 8 atom stereocenters. The maximum atomic E-state index is 13.8. The molecule has 0 radical (unpaired) electrons. The van der Waals surface area contributed by atoms with Crippen molar-refractivity contribution in [3.05, 3.63) is 11.6 Å². The van der Waals surface area contributed by atoms with E-state index >= 15 is 0 Å². The molecule has 0 aromatic rings. The van der Waals surface area contributed by atoms with Crippen LogP contribution in [0.3, 0.4) is 0 Å². The van der Waals surface area contributed by atoms with Gasteiger partial charge in [0.05, 0.1) is 0 Å². The predicted molar refractivity (Wildman–Crippen MR) is 240 cm³/mol. The number of carbonyl (C=O) groups excluding carboxylic acids is 3. The lowest BCUT2D eigenvalue weighted by Crippen LogP contribution is -2.51. The molecule has 0 spiro atoms. The Kier molecular flexibility index (Phi) is 20.9. The lowest BCUT2D eigenvalue weighted by Gasteiger charge is -2.58. The molecular weight excluding hydrogens is 721 g/mol. The van der Waals surface area contributed by atoms with E-state index in [0.717, 1.165) is 93.3 Å².